The number of hydrogen-bond donors (Lipinski definition) is 2. The predicted octanol–water partition coefficient (Wildman–Crippen LogP) is 0.472. The molecule has 0 spiro atoms. The number of aromatic nitrogens is 2. The molecule has 1 heterocycles. The average Bonchev–Trinajstić information content (AvgIpc) is 2.79. The second-order valence-corrected chi connectivity index (χ2v) is 3.84. The van der Waals surface area contributed by atoms with Crippen molar-refractivity contribution in [1.82, 2.24) is 20.8 Å². The van der Waals surface area contributed by atoms with Crippen LogP contribution in [-0.2, 0) is 9.59 Å². The van der Waals surface area contributed by atoms with Crippen molar-refractivity contribution in [1.29, 1.82) is 0 Å². The lowest BCUT2D eigenvalue weighted by Gasteiger charge is -2.12. The summed E-state index contributed by atoms with van der Waals surface area (Å²) in [6, 6.07) is -0.322. The van der Waals surface area contributed by atoms with Crippen LogP contribution in [0.15, 0.2) is 4.52 Å². The van der Waals surface area contributed by atoms with E-state index in [0.29, 0.717) is 24.6 Å². The molecule has 0 radical (unpaired) electrons. The maximum atomic E-state index is 11.6. The van der Waals surface area contributed by atoms with Gasteiger partial charge in [0.05, 0.1) is 6.54 Å². The zero-order valence-electron chi connectivity index (χ0n) is 10.8. The summed E-state index contributed by atoms with van der Waals surface area (Å²) in [6.45, 7) is 5.29. The van der Waals surface area contributed by atoms with E-state index < -0.39 is 0 Å². The van der Waals surface area contributed by atoms with E-state index in [2.05, 4.69) is 20.8 Å². The molecule has 7 nitrogen and oxygen atoms in total. The summed E-state index contributed by atoms with van der Waals surface area (Å²) in [7, 11) is 0. The zero-order chi connectivity index (χ0) is 13.5. The van der Waals surface area contributed by atoms with Gasteiger partial charge in [0, 0.05) is 6.42 Å². The minimum atomic E-state index is -0.322. The van der Waals surface area contributed by atoms with Gasteiger partial charge in [-0.2, -0.15) is 4.98 Å². The summed E-state index contributed by atoms with van der Waals surface area (Å²) in [5, 5.41) is 8.90. The van der Waals surface area contributed by atoms with Crippen molar-refractivity contribution in [2.45, 2.75) is 39.7 Å². The van der Waals surface area contributed by atoms with Crippen molar-refractivity contribution < 1.29 is 14.1 Å². The predicted molar refractivity (Wildman–Crippen MR) is 63.5 cm³/mol. The Morgan fingerprint density at radius 2 is 2.06 bits per heavy atom. The summed E-state index contributed by atoms with van der Waals surface area (Å²) in [5.74, 6) is 0.466. The first-order chi connectivity index (χ1) is 8.56. The van der Waals surface area contributed by atoms with E-state index in [1.807, 2.05) is 6.92 Å². The molecule has 100 valence electrons. The molecule has 0 fully saturated rings. The molecule has 1 atom stereocenters. The smallest absolute Gasteiger partial charge is 0.249 e. The van der Waals surface area contributed by atoms with Crippen LogP contribution in [0.3, 0.4) is 0 Å². The van der Waals surface area contributed by atoms with Gasteiger partial charge >= 0.3 is 0 Å². The Hall–Kier alpha value is -1.92. The highest BCUT2D eigenvalue weighted by molar-refractivity contribution is 5.84. The molecule has 0 aliphatic carbocycles. The molecule has 0 aromatic carbocycles. The van der Waals surface area contributed by atoms with Crippen molar-refractivity contribution in [3.8, 4) is 0 Å². The van der Waals surface area contributed by atoms with Gasteiger partial charge in [0.15, 0.2) is 5.82 Å². The standard InChI is InChI=1S/C11H18N4O3/c1-4-8(11-13-7(3)15-18-11)14-10(17)6-12-9(16)5-2/h8H,4-6H2,1-3H3,(H,12,16)(H,14,17)/t8-/m1/s1. The lowest BCUT2D eigenvalue weighted by atomic mass is 10.2. The van der Waals surface area contributed by atoms with E-state index >= 15 is 0 Å². The van der Waals surface area contributed by atoms with Gasteiger partial charge in [-0.05, 0) is 13.3 Å². The van der Waals surface area contributed by atoms with Crippen LogP contribution >= 0.6 is 0 Å². The monoisotopic (exact) mass is 254 g/mol. The third kappa shape index (κ3) is 4.15. The van der Waals surface area contributed by atoms with Crippen LogP contribution in [0.1, 0.15) is 44.4 Å². The highest BCUT2D eigenvalue weighted by Crippen LogP contribution is 2.13. The molecule has 0 unspecified atom stereocenters. The Labute approximate surface area is 105 Å². The lowest BCUT2D eigenvalue weighted by molar-refractivity contribution is -0.126. The van der Waals surface area contributed by atoms with Crippen LogP contribution in [0.2, 0.25) is 0 Å². The molecule has 0 aliphatic rings. The van der Waals surface area contributed by atoms with Crippen molar-refractivity contribution in [2.24, 2.45) is 0 Å². The van der Waals surface area contributed by atoms with Gasteiger partial charge in [0.2, 0.25) is 17.7 Å². The number of amides is 2. The van der Waals surface area contributed by atoms with Crippen molar-refractivity contribution in [2.75, 3.05) is 6.54 Å². The highest BCUT2D eigenvalue weighted by Gasteiger charge is 2.18. The second kappa shape index (κ2) is 6.73. The zero-order valence-corrected chi connectivity index (χ0v) is 10.8. The molecule has 0 bridgehead atoms. The number of carbonyl (C=O) groups excluding carboxylic acids is 2. The molecule has 1 aromatic rings. The third-order valence-electron chi connectivity index (χ3n) is 2.35. The first-order valence-electron chi connectivity index (χ1n) is 5.93. The Bertz CT molecular complexity index is 416. The Morgan fingerprint density at radius 1 is 1.33 bits per heavy atom. The summed E-state index contributed by atoms with van der Waals surface area (Å²) < 4.78 is 5.00. The molecular weight excluding hydrogens is 236 g/mol. The summed E-state index contributed by atoms with van der Waals surface area (Å²) in [5.41, 5.74) is 0. The Morgan fingerprint density at radius 3 is 2.56 bits per heavy atom. The fourth-order valence-corrected chi connectivity index (χ4v) is 1.34. The third-order valence-corrected chi connectivity index (χ3v) is 2.35. The average molecular weight is 254 g/mol. The number of nitrogens with zero attached hydrogens (tertiary/aromatic N) is 2. The molecule has 2 N–H and O–H groups in total. The van der Waals surface area contributed by atoms with E-state index in [4.69, 9.17) is 4.52 Å². The molecule has 0 saturated carbocycles. The topological polar surface area (TPSA) is 97.1 Å². The maximum absolute atomic E-state index is 11.6. The van der Waals surface area contributed by atoms with Crippen LogP contribution in [0.5, 0.6) is 0 Å². The lowest BCUT2D eigenvalue weighted by Crippen LogP contribution is -2.38. The van der Waals surface area contributed by atoms with E-state index in [0.717, 1.165) is 0 Å². The Kier molecular flexibility index (Phi) is 5.29. The van der Waals surface area contributed by atoms with Gasteiger partial charge in [-0.25, -0.2) is 0 Å². The van der Waals surface area contributed by atoms with E-state index in [1.165, 1.54) is 0 Å². The fraction of sp³-hybridized carbons (Fsp3) is 0.636. The number of hydrogen-bond acceptors (Lipinski definition) is 5. The van der Waals surface area contributed by atoms with E-state index in [-0.39, 0.29) is 24.4 Å². The summed E-state index contributed by atoms with van der Waals surface area (Å²) in [6.07, 6.45) is 0.989. The second-order valence-electron chi connectivity index (χ2n) is 3.84. The summed E-state index contributed by atoms with van der Waals surface area (Å²) >= 11 is 0. The fourth-order valence-electron chi connectivity index (χ4n) is 1.34. The number of aryl methyl sites for hydroxylation is 1. The van der Waals surface area contributed by atoms with Gasteiger partial charge in [0.1, 0.15) is 6.04 Å². The maximum Gasteiger partial charge on any atom is 0.249 e. The molecule has 7 heteroatoms. The minimum absolute atomic E-state index is 0.0453. The van der Waals surface area contributed by atoms with Crippen LogP contribution in [0, 0.1) is 6.92 Å². The van der Waals surface area contributed by atoms with Gasteiger partial charge in [-0.15, -0.1) is 0 Å². The van der Waals surface area contributed by atoms with Crippen molar-refractivity contribution >= 4 is 11.8 Å². The molecular formula is C11H18N4O3. The summed E-state index contributed by atoms with van der Waals surface area (Å²) in [4.78, 5) is 26.7. The van der Waals surface area contributed by atoms with Crippen LogP contribution in [0.25, 0.3) is 0 Å². The molecule has 1 rings (SSSR count). The first kappa shape index (κ1) is 14.1. The first-order valence-corrected chi connectivity index (χ1v) is 5.93. The van der Waals surface area contributed by atoms with Crippen molar-refractivity contribution in [3.05, 3.63) is 11.7 Å². The van der Waals surface area contributed by atoms with E-state index in [9.17, 15) is 9.59 Å². The van der Waals surface area contributed by atoms with E-state index in [1.54, 1.807) is 13.8 Å². The van der Waals surface area contributed by atoms with Crippen LogP contribution < -0.4 is 10.6 Å². The molecule has 2 amide bonds. The van der Waals surface area contributed by atoms with Gasteiger partial charge in [0.25, 0.3) is 0 Å². The van der Waals surface area contributed by atoms with Crippen molar-refractivity contribution in [3.63, 3.8) is 0 Å². The van der Waals surface area contributed by atoms with Gasteiger partial charge in [-0.3, -0.25) is 9.59 Å². The molecule has 0 saturated heterocycles. The quantitative estimate of drug-likeness (QED) is 0.769. The number of carbonyl (C=O) groups is 2. The minimum Gasteiger partial charge on any atom is -0.347 e. The highest BCUT2D eigenvalue weighted by atomic mass is 16.5. The number of nitrogens with one attached hydrogen (secondary N) is 2. The van der Waals surface area contributed by atoms with Gasteiger partial charge < -0.3 is 15.2 Å². The normalized spacial score (nSPS) is 11.9. The van der Waals surface area contributed by atoms with Crippen LogP contribution in [0.4, 0.5) is 0 Å². The molecule has 0 aliphatic heterocycles. The molecule has 1 aromatic heterocycles. The Balaban J connectivity index is 2.48. The molecule has 18 heavy (non-hydrogen) atoms. The van der Waals surface area contributed by atoms with Gasteiger partial charge in [-0.1, -0.05) is 19.0 Å². The SMILES string of the molecule is CCC(=O)NCC(=O)N[C@H](CC)c1nc(C)no1. The van der Waals surface area contributed by atoms with Crippen LogP contribution in [-0.4, -0.2) is 28.5 Å². The number of rotatable bonds is 6. The largest absolute Gasteiger partial charge is 0.347 e.